The summed E-state index contributed by atoms with van der Waals surface area (Å²) < 4.78 is 0. The molecule has 1 heterocycles. The van der Waals surface area contributed by atoms with Crippen molar-refractivity contribution in [1.29, 1.82) is 0 Å². The van der Waals surface area contributed by atoms with Crippen molar-refractivity contribution in [3.05, 3.63) is 41.0 Å². The Morgan fingerprint density at radius 2 is 2.33 bits per heavy atom. The van der Waals surface area contributed by atoms with Crippen LogP contribution in [0.25, 0.3) is 12.2 Å². The minimum atomic E-state index is 0.506. The monoisotopic (exact) mass is 157 g/mol. The highest BCUT2D eigenvalue weighted by atomic mass is 14.6. The summed E-state index contributed by atoms with van der Waals surface area (Å²) in [6.07, 6.45) is 10.3. The fourth-order valence-electron chi connectivity index (χ4n) is 1.37. The van der Waals surface area contributed by atoms with Gasteiger partial charge in [-0.15, -0.1) is 0 Å². The lowest BCUT2D eigenvalue weighted by atomic mass is 10.1. The average Bonchev–Trinajstić information content (AvgIpc) is 2.25. The van der Waals surface area contributed by atoms with Gasteiger partial charge in [0.05, 0.1) is 5.35 Å². The van der Waals surface area contributed by atoms with Crippen LogP contribution in [-0.2, 0) is 0 Å². The van der Waals surface area contributed by atoms with Crippen LogP contribution >= 0.6 is 0 Å². The molecule has 1 aromatic rings. The Hall–Kier alpha value is -1.37. The maximum absolute atomic E-state index is 4.28. The highest BCUT2D eigenvalue weighted by Gasteiger charge is 1.94. The molecule has 0 bridgehead atoms. The minimum absolute atomic E-state index is 0.506. The molecule has 0 N–H and O–H groups in total. The number of hydrogen-bond donors (Lipinski definition) is 0. The van der Waals surface area contributed by atoms with E-state index in [1.54, 1.807) is 0 Å². The molecule has 0 fully saturated rings. The number of pyridine rings is 1. The van der Waals surface area contributed by atoms with Crippen molar-refractivity contribution >= 4 is 12.2 Å². The van der Waals surface area contributed by atoms with Gasteiger partial charge in [-0.25, -0.2) is 0 Å². The number of fused-ring (bicyclic) bond motifs is 1. The van der Waals surface area contributed by atoms with Crippen LogP contribution in [0.1, 0.15) is 6.92 Å². The summed E-state index contributed by atoms with van der Waals surface area (Å²) in [5.41, 5.74) is 0. The molecule has 0 radical (unpaired) electrons. The molecule has 1 nitrogen and oxygen atoms in total. The van der Waals surface area contributed by atoms with Gasteiger partial charge in [-0.3, -0.25) is 4.98 Å². The van der Waals surface area contributed by atoms with Gasteiger partial charge in [0.1, 0.15) is 0 Å². The first-order chi connectivity index (χ1) is 5.86. The molecular weight excluding hydrogens is 146 g/mol. The summed E-state index contributed by atoms with van der Waals surface area (Å²) in [4.78, 5) is 4.28. The van der Waals surface area contributed by atoms with E-state index in [0.717, 1.165) is 5.35 Å². The van der Waals surface area contributed by atoms with E-state index in [0.29, 0.717) is 5.92 Å². The Morgan fingerprint density at radius 3 is 3.25 bits per heavy atom. The molecule has 0 aromatic carbocycles. The van der Waals surface area contributed by atoms with Crippen molar-refractivity contribution in [2.24, 2.45) is 5.92 Å². The third-order valence-electron chi connectivity index (χ3n) is 1.98. The minimum Gasteiger partial charge on any atom is -0.256 e. The molecule has 12 heavy (non-hydrogen) atoms. The van der Waals surface area contributed by atoms with Crippen LogP contribution in [0.3, 0.4) is 0 Å². The zero-order valence-corrected chi connectivity index (χ0v) is 7.07. The lowest BCUT2D eigenvalue weighted by Crippen LogP contribution is -2.26. The summed E-state index contributed by atoms with van der Waals surface area (Å²) >= 11 is 0. The van der Waals surface area contributed by atoms with Crippen LogP contribution in [0.2, 0.25) is 0 Å². The zero-order chi connectivity index (χ0) is 8.39. The normalized spacial score (nSPS) is 20.2. The number of allylic oxidation sites excluding steroid dienone is 2. The molecule has 0 spiro atoms. The van der Waals surface area contributed by atoms with Crippen LogP contribution in [0.4, 0.5) is 0 Å². The molecule has 0 aliphatic heterocycles. The highest BCUT2D eigenvalue weighted by molar-refractivity contribution is 5.43. The first kappa shape index (κ1) is 7.29. The first-order valence-corrected chi connectivity index (χ1v) is 4.18. The molecule has 1 heteroatoms. The summed E-state index contributed by atoms with van der Waals surface area (Å²) in [5.74, 6) is 0.506. The van der Waals surface area contributed by atoms with Crippen molar-refractivity contribution in [2.45, 2.75) is 6.92 Å². The molecule has 1 unspecified atom stereocenters. The Morgan fingerprint density at radius 1 is 1.42 bits per heavy atom. The Labute approximate surface area is 71.8 Å². The molecular formula is C11H11N. The molecule has 60 valence electrons. The zero-order valence-electron chi connectivity index (χ0n) is 7.07. The number of hydrogen-bond acceptors (Lipinski definition) is 1. The summed E-state index contributed by atoms with van der Waals surface area (Å²) in [6, 6.07) is 4.07. The fraction of sp³-hybridized carbons (Fsp3) is 0.182. The fourth-order valence-corrected chi connectivity index (χ4v) is 1.37. The topological polar surface area (TPSA) is 12.9 Å². The third kappa shape index (κ3) is 1.30. The van der Waals surface area contributed by atoms with Gasteiger partial charge in [0, 0.05) is 6.20 Å². The van der Waals surface area contributed by atoms with Gasteiger partial charge in [-0.05, 0) is 23.3 Å². The maximum Gasteiger partial charge on any atom is 0.0698 e. The Kier molecular flexibility index (Phi) is 1.78. The van der Waals surface area contributed by atoms with Crippen molar-refractivity contribution in [2.75, 3.05) is 0 Å². The molecule has 1 aliphatic rings. The van der Waals surface area contributed by atoms with Gasteiger partial charge in [0.25, 0.3) is 0 Å². The van der Waals surface area contributed by atoms with Gasteiger partial charge in [0.2, 0.25) is 0 Å². The van der Waals surface area contributed by atoms with E-state index in [1.807, 2.05) is 12.3 Å². The van der Waals surface area contributed by atoms with Crippen LogP contribution in [0, 0.1) is 5.92 Å². The van der Waals surface area contributed by atoms with E-state index in [2.05, 4.69) is 42.3 Å². The van der Waals surface area contributed by atoms with E-state index in [4.69, 9.17) is 0 Å². The van der Waals surface area contributed by atoms with Crippen molar-refractivity contribution in [3.63, 3.8) is 0 Å². The van der Waals surface area contributed by atoms with Crippen molar-refractivity contribution in [3.8, 4) is 0 Å². The second-order valence-electron chi connectivity index (χ2n) is 3.06. The predicted molar refractivity (Wildman–Crippen MR) is 50.7 cm³/mol. The second-order valence-corrected chi connectivity index (χ2v) is 3.06. The third-order valence-corrected chi connectivity index (χ3v) is 1.98. The average molecular weight is 157 g/mol. The summed E-state index contributed by atoms with van der Waals surface area (Å²) in [5, 5.41) is 2.30. The predicted octanol–water partition coefficient (Wildman–Crippen LogP) is 0.849. The van der Waals surface area contributed by atoms with E-state index in [-0.39, 0.29) is 0 Å². The number of nitrogens with zero attached hydrogens (tertiary/aromatic N) is 1. The molecule has 2 rings (SSSR count). The van der Waals surface area contributed by atoms with Crippen molar-refractivity contribution < 1.29 is 0 Å². The van der Waals surface area contributed by atoms with E-state index >= 15 is 0 Å². The van der Waals surface area contributed by atoms with Gasteiger partial charge in [0.15, 0.2) is 0 Å². The number of aromatic nitrogens is 1. The first-order valence-electron chi connectivity index (χ1n) is 4.18. The highest BCUT2D eigenvalue weighted by Crippen LogP contribution is 1.99. The second kappa shape index (κ2) is 2.94. The molecule has 1 aliphatic carbocycles. The van der Waals surface area contributed by atoms with Crippen LogP contribution in [-0.4, -0.2) is 4.98 Å². The SMILES string of the molecule is CC1C=CC=c2ncccc2=C1. The largest absolute Gasteiger partial charge is 0.256 e. The smallest absolute Gasteiger partial charge is 0.0698 e. The maximum atomic E-state index is 4.28. The summed E-state index contributed by atoms with van der Waals surface area (Å²) in [6.45, 7) is 2.17. The van der Waals surface area contributed by atoms with Crippen LogP contribution < -0.4 is 10.6 Å². The van der Waals surface area contributed by atoms with Crippen molar-refractivity contribution in [1.82, 2.24) is 4.98 Å². The van der Waals surface area contributed by atoms with E-state index < -0.39 is 0 Å². The standard InChI is InChI=1S/C11H11N/c1-9-4-2-6-11-10(8-9)5-3-7-12-11/h2-9H,1H3. The molecule has 0 amide bonds. The summed E-state index contributed by atoms with van der Waals surface area (Å²) in [7, 11) is 0. The lowest BCUT2D eigenvalue weighted by Gasteiger charge is -1.93. The lowest BCUT2D eigenvalue weighted by molar-refractivity contribution is 0.996. The van der Waals surface area contributed by atoms with Gasteiger partial charge in [-0.2, -0.15) is 0 Å². The van der Waals surface area contributed by atoms with E-state index in [9.17, 15) is 0 Å². The van der Waals surface area contributed by atoms with E-state index in [1.165, 1.54) is 5.22 Å². The van der Waals surface area contributed by atoms with Crippen LogP contribution in [0.5, 0.6) is 0 Å². The quantitative estimate of drug-likeness (QED) is 0.544. The Balaban J connectivity index is 2.75. The molecule has 1 aromatic heterocycles. The van der Waals surface area contributed by atoms with Gasteiger partial charge < -0.3 is 0 Å². The molecule has 1 atom stereocenters. The van der Waals surface area contributed by atoms with Gasteiger partial charge in [-0.1, -0.05) is 31.2 Å². The van der Waals surface area contributed by atoms with Gasteiger partial charge >= 0.3 is 0 Å². The number of rotatable bonds is 0. The molecule has 0 saturated heterocycles. The Bertz CT molecular complexity index is 415. The van der Waals surface area contributed by atoms with Crippen LogP contribution in [0.15, 0.2) is 30.5 Å². The molecule has 0 saturated carbocycles.